The molecule has 3 rings (SSSR count). The second-order valence-electron chi connectivity index (χ2n) is 6.09. The number of guanidine groups is 1. The van der Waals surface area contributed by atoms with Gasteiger partial charge >= 0.3 is 6.18 Å². The van der Waals surface area contributed by atoms with Crippen LogP contribution in [0.25, 0.3) is 0 Å². The van der Waals surface area contributed by atoms with Crippen LogP contribution in [0.5, 0.6) is 0 Å². The summed E-state index contributed by atoms with van der Waals surface area (Å²) in [6.07, 6.45) is -3.12. The normalized spacial score (nSPS) is 15.4. The maximum Gasteiger partial charge on any atom is 0.416 e. The Morgan fingerprint density at radius 3 is 2.52 bits per heavy atom. The smallest absolute Gasteiger partial charge is 0.397 e. The van der Waals surface area contributed by atoms with Crippen molar-refractivity contribution in [2.24, 2.45) is 4.99 Å². The van der Waals surface area contributed by atoms with Gasteiger partial charge < -0.3 is 16.8 Å². The highest BCUT2D eigenvalue weighted by Crippen LogP contribution is 2.42. The lowest BCUT2D eigenvalue weighted by atomic mass is 9.92. The van der Waals surface area contributed by atoms with Crippen molar-refractivity contribution in [1.82, 2.24) is 10.3 Å². The van der Waals surface area contributed by atoms with Crippen LogP contribution in [0, 0.1) is 35.5 Å². The standard InChI is InChI=1S/C17H12F4N8/c1-6-2-7(10(18)3-9(6)17(19,20)21)13-11-12(24)8(4-22)14(25)28-15(11)29-16(27-13)26-5-23/h2-3,13H,1H3,(H6,24,25,26,27,28,29). The minimum Gasteiger partial charge on any atom is -0.397 e. The molecule has 2 aromatic rings. The SMILES string of the molecule is Cc1cc(C2N=C(NC#N)Nc3nc(N)c(C#N)c(N)c32)c(F)cc1C(F)(F)F. The number of nitriles is 2. The van der Waals surface area contributed by atoms with E-state index in [1.807, 2.05) is 0 Å². The zero-order valence-electron chi connectivity index (χ0n) is 14.7. The van der Waals surface area contributed by atoms with Gasteiger partial charge in [-0.2, -0.15) is 23.7 Å². The molecule has 148 valence electrons. The lowest BCUT2D eigenvalue weighted by Crippen LogP contribution is -2.33. The van der Waals surface area contributed by atoms with E-state index in [0.717, 1.165) is 6.07 Å². The average Bonchev–Trinajstić information content (AvgIpc) is 2.62. The van der Waals surface area contributed by atoms with Crippen LogP contribution in [-0.4, -0.2) is 10.9 Å². The van der Waals surface area contributed by atoms with Gasteiger partial charge in [0.05, 0.1) is 11.3 Å². The van der Waals surface area contributed by atoms with E-state index >= 15 is 0 Å². The number of aromatic nitrogens is 1. The Kier molecular flexibility index (Phi) is 4.64. The molecule has 0 fully saturated rings. The van der Waals surface area contributed by atoms with Gasteiger partial charge in [-0.3, -0.25) is 5.32 Å². The van der Waals surface area contributed by atoms with Gasteiger partial charge in [0, 0.05) is 11.1 Å². The highest BCUT2D eigenvalue weighted by atomic mass is 19.4. The van der Waals surface area contributed by atoms with Gasteiger partial charge in [0.1, 0.15) is 35.1 Å². The van der Waals surface area contributed by atoms with E-state index in [4.69, 9.17) is 16.7 Å². The molecule has 0 radical (unpaired) electrons. The second-order valence-corrected chi connectivity index (χ2v) is 6.09. The molecule has 0 saturated heterocycles. The van der Waals surface area contributed by atoms with Gasteiger partial charge in [-0.05, 0) is 18.6 Å². The Bertz CT molecular complexity index is 1120. The van der Waals surface area contributed by atoms with Crippen LogP contribution in [0.15, 0.2) is 17.1 Å². The van der Waals surface area contributed by atoms with Gasteiger partial charge in [0.2, 0.25) is 5.96 Å². The summed E-state index contributed by atoms with van der Waals surface area (Å²) in [4.78, 5) is 8.12. The third-order valence-corrected chi connectivity index (χ3v) is 4.30. The van der Waals surface area contributed by atoms with Crippen LogP contribution < -0.4 is 22.1 Å². The Morgan fingerprint density at radius 2 is 1.93 bits per heavy atom. The molecule has 1 aromatic heterocycles. The Labute approximate surface area is 161 Å². The van der Waals surface area contributed by atoms with Crippen molar-refractivity contribution in [3.05, 3.63) is 45.8 Å². The second kappa shape index (κ2) is 6.83. The number of nitrogens with two attached hydrogens (primary N) is 2. The fourth-order valence-electron chi connectivity index (χ4n) is 3.02. The lowest BCUT2D eigenvalue weighted by molar-refractivity contribution is -0.138. The summed E-state index contributed by atoms with van der Waals surface area (Å²) in [5.41, 5.74) is 9.84. The van der Waals surface area contributed by atoms with Crippen LogP contribution in [0.1, 0.15) is 33.9 Å². The summed E-state index contributed by atoms with van der Waals surface area (Å²) in [5, 5.41) is 23.0. The number of alkyl halides is 3. The third-order valence-electron chi connectivity index (χ3n) is 4.30. The minimum absolute atomic E-state index is 0.00583. The van der Waals surface area contributed by atoms with Crippen molar-refractivity contribution < 1.29 is 17.6 Å². The summed E-state index contributed by atoms with van der Waals surface area (Å²) in [6.45, 7) is 1.18. The van der Waals surface area contributed by atoms with Crippen LogP contribution in [-0.2, 0) is 6.18 Å². The highest BCUT2D eigenvalue weighted by molar-refractivity contribution is 5.98. The van der Waals surface area contributed by atoms with E-state index in [9.17, 15) is 22.8 Å². The molecule has 1 aliphatic rings. The molecule has 1 unspecified atom stereocenters. The number of aryl methyl sites for hydroxylation is 1. The van der Waals surface area contributed by atoms with E-state index < -0.39 is 23.6 Å². The topological polar surface area (TPSA) is 149 Å². The maximum absolute atomic E-state index is 14.7. The van der Waals surface area contributed by atoms with Gasteiger partial charge in [-0.15, -0.1) is 0 Å². The Hall–Kier alpha value is -4.06. The molecule has 0 bridgehead atoms. The number of hydrogen-bond donors (Lipinski definition) is 4. The first-order valence-electron chi connectivity index (χ1n) is 7.94. The number of nitrogens with zero attached hydrogens (tertiary/aromatic N) is 4. The quantitative estimate of drug-likeness (QED) is 0.324. The fraction of sp³-hybridized carbons (Fsp3) is 0.176. The van der Waals surface area contributed by atoms with Crippen molar-refractivity contribution >= 4 is 23.3 Å². The number of rotatable bonds is 1. The number of pyridine rings is 1. The van der Waals surface area contributed by atoms with Crippen LogP contribution in [0.4, 0.5) is 34.9 Å². The summed E-state index contributed by atoms with van der Waals surface area (Å²) in [5.74, 6) is -1.54. The molecule has 6 N–H and O–H groups in total. The van der Waals surface area contributed by atoms with Gasteiger partial charge in [-0.1, -0.05) is 6.07 Å². The van der Waals surface area contributed by atoms with E-state index in [1.165, 1.54) is 6.92 Å². The van der Waals surface area contributed by atoms with Gasteiger partial charge in [0.15, 0.2) is 6.19 Å². The number of hydrogen-bond acceptors (Lipinski definition) is 8. The zero-order chi connectivity index (χ0) is 21.5. The molecule has 0 amide bonds. The highest BCUT2D eigenvalue weighted by Gasteiger charge is 2.36. The Morgan fingerprint density at radius 1 is 1.24 bits per heavy atom. The predicted octanol–water partition coefficient (Wildman–Crippen LogP) is 2.53. The van der Waals surface area contributed by atoms with Crippen molar-refractivity contribution in [3.63, 3.8) is 0 Å². The number of nitrogen functional groups attached to an aromatic ring is 2. The third kappa shape index (κ3) is 3.32. The number of benzene rings is 1. The fourth-order valence-corrected chi connectivity index (χ4v) is 3.02. The molecule has 0 spiro atoms. The maximum atomic E-state index is 14.7. The molecule has 2 heterocycles. The molecular weight excluding hydrogens is 392 g/mol. The summed E-state index contributed by atoms with van der Waals surface area (Å²) in [7, 11) is 0. The van der Waals surface area contributed by atoms with E-state index in [0.29, 0.717) is 6.07 Å². The number of fused-ring (bicyclic) bond motifs is 1. The van der Waals surface area contributed by atoms with Crippen LogP contribution >= 0.6 is 0 Å². The molecule has 8 nitrogen and oxygen atoms in total. The lowest BCUT2D eigenvalue weighted by Gasteiger charge is -2.27. The predicted molar refractivity (Wildman–Crippen MR) is 95.6 cm³/mol. The number of aliphatic imine (C=N–C) groups is 1. The first-order valence-corrected chi connectivity index (χ1v) is 7.94. The number of nitrogens with one attached hydrogen (secondary N) is 2. The summed E-state index contributed by atoms with van der Waals surface area (Å²) >= 11 is 0. The number of anilines is 3. The van der Waals surface area contributed by atoms with Crippen LogP contribution in [0.2, 0.25) is 0 Å². The molecule has 12 heteroatoms. The Balaban J connectivity index is 2.29. The molecule has 1 aliphatic heterocycles. The first-order chi connectivity index (χ1) is 13.6. The molecule has 1 aromatic carbocycles. The van der Waals surface area contributed by atoms with E-state index in [-0.39, 0.29) is 45.5 Å². The van der Waals surface area contributed by atoms with Gasteiger partial charge in [0.25, 0.3) is 0 Å². The zero-order valence-corrected chi connectivity index (χ0v) is 14.7. The van der Waals surface area contributed by atoms with Crippen LogP contribution in [0.3, 0.4) is 0 Å². The summed E-state index contributed by atoms with van der Waals surface area (Å²) in [6, 6.07) is 1.86. The minimum atomic E-state index is -4.74. The monoisotopic (exact) mass is 404 g/mol. The van der Waals surface area contributed by atoms with Gasteiger partial charge in [-0.25, -0.2) is 14.4 Å². The van der Waals surface area contributed by atoms with Crippen molar-refractivity contribution in [2.75, 3.05) is 16.8 Å². The first kappa shape index (κ1) is 19.7. The van der Waals surface area contributed by atoms with Crippen molar-refractivity contribution in [2.45, 2.75) is 19.1 Å². The molecule has 0 aliphatic carbocycles. The number of halogens is 4. The van der Waals surface area contributed by atoms with E-state index in [1.54, 1.807) is 12.3 Å². The molecule has 29 heavy (non-hydrogen) atoms. The summed E-state index contributed by atoms with van der Waals surface area (Å²) < 4.78 is 54.0. The van der Waals surface area contributed by atoms with E-state index in [2.05, 4.69) is 20.6 Å². The van der Waals surface area contributed by atoms with Crippen molar-refractivity contribution in [1.29, 1.82) is 10.5 Å². The molecular formula is C17H12F4N8. The molecule has 0 saturated carbocycles. The van der Waals surface area contributed by atoms with Crippen molar-refractivity contribution in [3.8, 4) is 12.3 Å². The average molecular weight is 404 g/mol. The largest absolute Gasteiger partial charge is 0.416 e. The molecule has 1 atom stereocenters.